The number of alkyl halides is 4. The number of Topliss-reactive ketones (excluding diaryl/α,β-unsaturated/α-hetero) is 2. The third kappa shape index (κ3) is 35.9. The number of hydrogen-bond donors (Lipinski definition) is 0. The molecule has 0 radical (unpaired) electrons. The van der Waals surface area contributed by atoms with Gasteiger partial charge in [0, 0.05) is 73.7 Å². The van der Waals surface area contributed by atoms with E-state index in [-0.39, 0.29) is 28.6 Å². The number of likely N-dealkylation sites (tertiary alicyclic amines) is 2. The minimum atomic E-state index is -1.06. The van der Waals surface area contributed by atoms with Crippen molar-refractivity contribution >= 4 is 115 Å². The number of amides is 2. The Bertz CT molecular complexity index is 1090. The Morgan fingerprint density at radius 1 is 0.615 bits per heavy atom. The molecule has 1 unspecified atom stereocenters. The van der Waals surface area contributed by atoms with Crippen LogP contribution in [0.3, 0.4) is 0 Å². The molecule has 13 nitrogen and oxygen atoms in total. The van der Waals surface area contributed by atoms with Gasteiger partial charge in [0.1, 0.15) is 34.0 Å². The summed E-state index contributed by atoms with van der Waals surface area (Å²) in [6.45, 7) is 23.2. The van der Waals surface area contributed by atoms with Crippen LogP contribution < -0.4 is 0 Å². The highest BCUT2D eigenvalue weighted by Crippen LogP contribution is 2.18. The summed E-state index contributed by atoms with van der Waals surface area (Å²) < 4.78 is 23.6. The van der Waals surface area contributed by atoms with Gasteiger partial charge in [-0.3, -0.25) is 9.59 Å². The third-order valence-electron chi connectivity index (χ3n) is 5.42. The fraction of sp³-hybridized carbons (Fsp3) is 0.818. The smallest absolute Gasteiger partial charge is 0.444 e. The summed E-state index contributed by atoms with van der Waals surface area (Å²) in [5.74, 6) is 0.395. The lowest BCUT2D eigenvalue weighted by Gasteiger charge is -2.26. The highest BCUT2D eigenvalue weighted by Gasteiger charge is 2.28. The molecule has 306 valence electrons. The van der Waals surface area contributed by atoms with Crippen molar-refractivity contribution in [3.05, 3.63) is 0 Å². The number of nitrogens with zero attached hydrogens (tertiary/aromatic N) is 2. The maximum atomic E-state index is 11.8. The summed E-state index contributed by atoms with van der Waals surface area (Å²) >= 11 is 23.2. The van der Waals surface area contributed by atoms with Gasteiger partial charge in [0.2, 0.25) is 0 Å². The first-order valence-corrected chi connectivity index (χ1v) is 22.2. The fourth-order valence-corrected chi connectivity index (χ4v) is 3.97. The van der Waals surface area contributed by atoms with Crippen molar-refractivity contribution < 1.29 is 52.5 Å². The van der Waals surface area contributed by atoms with Crippen LogP contribution in [0.2, 0.25) is 0 Å². The van der Waals surface area contributed by atoms with E-state index >= 15 is 0 Å². The minimum Gasteiger partial charge on any atom is -0.444 e. The average Bonchev–Trinajstić information content (AvgIpc) is 3.24. The van der Waals surface area contributed by atoms with E-state index < -0.39 is 39.0 Å². The SMILES string of the molecule is BrBr.CC(C)(C)OC(=O)N1CCC(=O)C(Br)CC1.CC(C)(C)OC(=O)N1CCCC(=O)CC1.CC(C)(C)OC(=O)OC(=O)OC(C)(C)C.ClC(Cl)Cl. The van der Waals surface area contributed by atoms with Crippen molar-refractivity contribution in [1.29, 1.82) is 0 Å². The molecule has 2 amide bonds. The highest BCUT2D eigenvalue weighted by molar-refractivity contribution is 9.93. The summed E-state index contributed by atoms with van der Waals surface area (Å²) in [4.78, 5) is 71.1. The minimum absolute atomic E-state index is 0.125. The molecule has 0 aromatic carbocycles. The Hall–Kier alpha value is -1.07. The molecule has 2 aliphatic rings. The number of halogens is 6. The fourth-order valence-electron chi connectivity index (χ4n) is 3.54. The van der Waals surface area contributed by atoms with Gasteiger partial charge < -0.3 is 33.5 Å². The Morgan fingerprint density at radius 3 is 1.33 bits per heavy atom. The van der Waals surface area contributed by atoms with E-state index in [1.807, 2.05) is 41.5 Å². The van der Waals surface area contributed by atoms with Crippen LogP contribution >= 0.6 is 79.0 Å². The van der Waals surface area contributed by atoms with Crippen LogP contribution in [-0.4, -0.2) is 104 Å². The van der Waals surface area contributed by atoms with E-state index in [1.165, 1.54) is 0 Å². The van der Waals surface area contributed by atoms with Crippen molar-refractivity contribution in [2.45, 2.75) is 147 Å². The van der Waals surface area contributed by atoms with Crippen molar-refractivity contribution in [2.24, 2.45) is 0 Å². The second kappa shape index (κ2) is 26.7. The van der Waals surface area contributed by atoms with Crippen LogP contribution in [0.4, 0.5) is 19.2 Å². The summed E-state index contributed by atoms with van der Waals surface area (Å²) in [7, 11) is 0. The molecule has 2 aliphatic heterocycles. The van der Waals surface area contributed by atoms with Crippen molar-refractivity contribution in [2.75, 3.05) is 26.2 Å². The van der Waals surface area contributed by atoms with E-state index in [2.05, 4.69) is 48.9 Å². The molecular weight excluding hydrogens is 946 g/mol. The standard InChI is InChI=1S/C11H18BrNO3.C11H19NO3.C10H18O5.CHCl3.Br2/c1-11(2,3)16-10(15)13-6-4-8(12)9(14)5-7-13;1-11(2,3)15-10(14)12-7-4-5-9(13)6-8-12;1-9(2,3)14-7(11)13-8(12)15-10(4,5)6;2-1(3)4;1-2/h8H,4-7H2,1-3H3;4-8H2,1-3H3;1-6H3;1H;. The van der Waals surface area contributed by atoms with Gasteiger partial charge >= 0.3 is 24.5 Å². The van der Waals surface area contributed by atoms with Gasteiger partial charge in [-0.05, 0) is 95.9 Å². The molecule has 2 rings (SSSR count). The molecule has 2 saturated heterocycles. The van der Waals surface area contributed by atoms with Crippen LogP contribution in [0.25, 0.3) is 0 Å². The van der Waals surface area contributed by atoms with Gasteiger partial charge in [-0.2, -0.15) is 0 Å². The van der Waals surface area contributed by atoms with Crippen molar-refractivity contribution in [1.82, 2.24) is 9.80 Å². The van der Waals surface area contributed by atoms with Crippen LogP contribution in [0.15, 0.2) is 0 Å². The maximum Gasteiger partial charge on any atom is 0.519 e. The van der Waals surface area contributed by atoms with Crippen LogP contribution in [0.1, 0.15) is 115 Å². The molecule has 0 aliphatic carbocycles. The highest BCUT2D eigenvalue weighted by atomic mass is 80.9. The van der Waals surface area contributed by atoms with E-state index in [4.69, 9.17) is 53.8 Å². The zero-order valence-electron chi connectivity index (χ0n) is 32.2. The van der Waals surface area contributed by atoms with Gasteiger partial charge in [0.25, 0.3) is 0 Å². The van der Waals surface area contributed by atoms with Gasteiger partial charge in [-0.15, -0.1) is 0 Å². The monoisotopic (exact) mass is 998 g/mol. The quantitative estimate of drug-likeness (QED) is 0.0985. The van der Waals surface area contributed by atoms with Crippen LogP contribution in [0, 0.1) is 0 Å². The predicted molar refractivity (Wildman–Crippen MR) is 214 cm³/mol. The van der Waals surface area contributed by atoms with Gasteiger partial charge in [-0.1, -0.05) is 50.7 Å². The molecule has 0 bridgehead atoms. The average molecular weight is 1000 g/mol. The first-order valence-electron chi connectivity index (χ1n) is 16.3. The Labute approximate surface area is 348 Å². The molecule has 1 atom stereocenters. The Morgan fingerprint density at radius 2 is 0.962 bits per heavy atom. The Balaban J connectivity index is -0.000000642. The first-order chi connectivity index (χ1) is 23.4. The lowest BCUT2D eigenvalue weighted by Crippen LogP contribution is -2.37. The molecule has 2 fully saturated rings. The number of ketones is 2. The van der Waals surface area contributed by atoms with Crippen molar-refractivity contribution in [3.8, 4) is 0 Å². The molecule has 0 N–H and O–H groups in total. The van der Waals surface area contributed by atoms with E-state index in [9.17, 15) is 28.8 Å². The number of ether oxygens (including phenoxy) is 5. The topological polar surface area (TPSA) is 155 Å². The largest absolute Gasteiger partial charge is 0.519 e. The maximum absolute atomic E-state index is 11.8. The van der Waals surface area contributed by atoms with E-state index in [0.29, 0.717) is 51.9 Å². The lowest BCUT2D eigenvalue weighted by molar-refractivity contribution is -0.119. The van der Waals surface area contributed by atoms with Gasteiger partial charge in [0.05, 0.1) is 4.83 Å². The van der Waals surface area contributed by atoms with Crippen molar-refractivity contribution in [3.63, 3.8) is 0 Å². The molecule has 0 aromatic rings. The molecule has 52 heavy (non-hydrogen) atoms. The first kappa shape index (κ1) is 55.3. The molecule has 0 saturated carbocycles. The van der Waals surface area contributed by atoms with E-state index in [0.717, 1.165) is 6.42 Å². The summed E-state index contributed by atoms with van der Waals surface area (Å²) in [6, 6.07) is 0. The third-order valence-corrected chi connectivity index (χ3v) is 6.39. The molecule has 0 aromatic heterocycles. The number of rotatable bonds is 0. The van der Waals surface area contributed by atoms with Crippen LogP contribution in [0.5, 0.6) is 0 Å². The summed E-state index contributed by atoms with van der Waals surface area (Å²) in [6.07, 6.45) is 0.0803. The zero-order valence-corrected chi connectivity index (χ0v) is 39.2. The van der Waals surface area contributed by atoms with Gasteiger partial charge in [0.15, 0.2) is 4.30 Å². The van der Waals surface area contributed by atoms with Crippen LogP contribution in [-0.2, 0) is 33.3 Å². The van der Waals surface area contributed by atoms with Gasteiger partial charge in [-0.25, -0.2) is 19.2 Å². The summed E-state index contributed by atoms with van der Waals surface area (Å²) in [5, 5.41) is 0. The number of hydrogen-bond acceptors (Lipinski definition) is 11. The normalized spacial score (nSPS) is 16.6. The zero-order chi connectivity index (χ0) is 41.7. The molecular formula is C33H56Br3Cl3N2O11. The lowest BCUT2D eigenvalue weighted by atomic mass is 10.2. The molecule has 0 spiro atoms. The molecule has 19 heteroatoms. The summed E-state index contributed by atoms with van der Waals surface area (Å²) in [5.41, 5.74) is -2.34. The predicted octanol–water partition coefficient (Wildman–Crippen LogP) is 10.9. The molecule has 2 heterocycles. The van der Waals surface area contributed by atoms with E-state index in [1.54, 1.807) is 51.3 Å². The number of carbonyl (C=O) groups is 6. The number of carbonyl (C=O) groups excluding carboxylic acids is 6. The second-order valence-electron chi connectivity index (χ2n) is 15.1. The second-order valence-corrected chi connectivity index (χ2v) is 18.2. The Kier molecular flexibility index (Phi) is 28.4.